The van der Waals surface area contributed by atoms with Gasteiger partial charge in [-0.25, -0.2) is 4.39 Å². The molecule has 3 rings (SSSR count). The molecule has 0 aliphatic carbocycles. The maximum absolute atomic E-state index is 14.8. The third kappa shape index (κ3) is 4.36. The number of phenolic OH excluding ortho intramolecular Hbond substituents is 1. The topological polar surface area (TPSA) is 73.6 Å². The molecule has 1 aliphatic rings. The van der Waals surface area contributed by atoms with E-state index in [9.17, 15) is 14.3 Å². The predicted octanol–water partition coefficient (Wildman–Crippen LogP) is 5.55. The van der Waals surface area contributed by atoms with Crippen LogP contribution in [0.3, 0.4) is 0 Å². The Morgan fingerprint density at radius 2 is 1.69 bits per heavy atom. The van der Waals surface area contributed by atoms with Crippen LogP contribution in [0.25, 0.3) is 0 Å². The zero-order valence-electron chi connectivity index (χ0n) is 20.0. The highest BCUT2D eigenvalue weighted by atomic mass is 19.1. The van der Waals surface area contributed by atoms with E-state index in [1.165, 1.54) is 6.07 Å². The molecule has 0 saturated carbocycles. The number of aromatic hydroxyl groups is 1. The van der Waals surface area contributed by atoms with Gasteiger partial charge < -0.3 is 14.7 Å². The van der Waals surface area contributed by atoms with Gasteiger partial charge in [0.2, 0.25) is 0 Å². The van der Waals surface area contributed by atoms with Crippen molar-refractivity contribution in [3.63, 3.8) is 0 Å². The second-order valence-electron chi connectivity index (χ2n) is 10.4. The first-order valence-corrected chi connectivity index (χ1v) is 10.9. The van der Waals surface area contributed by atoms with Crippen molar-refractivity contribution in [2.24, 2.45) is 0 Å². The van der Waals surface area contributed by atoms with E-state index in [0.717, 1.165) is 0 Å². The van der Waals surface area contributed by atoms with Crippen LogP contribution in [0.2, 0.25) is 0 Å². The van der Waals surface area contributed by atoms with Gasteiger partial charge in [-0.05, 0) is 42.0 Å². The predicted molar refractivity (Wildman–Crippen MR) is 125 cm³/mol. The number of ether oxygens (including phenoxy) is 1. The quantitative estimate of drug-likeness (QED) is 0.598. The van der Waals surface area contributed by atoms with Crippen LogP contribution in [0.1, 0.15) is 81.1 Å². The maximum Gasteiger partial charge on any atom is 0.182 e. The Bertz CT molecular complexity index is 1040. The van der Waals surface area contributed by atoms with Crippen molar-refractivity contribution in [3.8, 4) is 11.5 Å². The molecular formula is C26H33FN2O3. The molecule has 0 unspecified atom stereocenters. The number of phenols is 1. The summed E-state index contributed by atoms with van der Waals surface area (Å²) in [7, 11) is 0. The summed E-state index contributed by atoms with van der Waals surface area (Å²) >= 11 is 0. The summed E-state index contributed by atoms with van der Waals surface area (Å²) in [6.07, 6.45) is 0. The lowest BCUT2D eigenvalue weighted by molar-refractivity contribution is 0.0962. The molecule has 0 saturated heterocycles. The van der Waals surface area contributed by atoms with Crippen LogP contribution in [0.5, 0.6) is 11.5 Å². The van der Waals surface area contributed by atoms with Gasteiger partial charge in [0.05, 0.1) is 13.2 Å². The smallest absolute Gasteiger partial charge is 0.182 e. The number of carbonyl (C=O) groups is 1. The Morgan fingerprint density at radius 3 is 2.19 bits per heavy atom. The molecule has 0 spiro atoms. The minimum atomic E-state index is -0.473. The molecule has 0 aromatic heterocycles. The van der Waals surface area contributed by atoms with Crippen LogP contribution in [-0.4, -0.2) is 34.8 Å². The van der Waals surface area contributed by atoms with Gasteiger partial charge in [0.25, 0.3) is 0 Å². The molecule has 0 atom stereocenters. The fraction of sp³-hybridized carbons (Fsp3) is 0.462. The Hall–Kier alpha value is -2.89. The summed E-state index contributed by atoms with van der Waals surface area (Å²) in [6.45, 7) is 14.2. The molecule has 2 N–H and O–H groups in total. The van der Waals surface area contributed by atoms with E-state index >= 15 is 0 Å². The van der Waals surface area contributed by atoms with Gasteiger partial charge in [0.1, 0.15) is 11.6 Å². The van der Waals surface area contributed by atoms with Crippen LogP contribution >= 0.6 is 0 Å². The maximum atomic E-state index is 14.8. The number of halogens is 1. The van der Waals surface area contributed by atoms with Crippen molar-refractivity contribution in [3.05, 3.63) is 57.9 Å². The number of fused-ring (bicyclic) bond motifs is 1. The first kappa shape index (κ1) is 23.8. The molecule has 5 nitrogen and oxygen atoms in total. The molecule has 32 heavy (non-hydrogen) atoms. The van der Waals surface area contributed by atoms with Crippen molar-refractivity contribution >= 4 is 11.6 Å². The number of Topliss-reactive ketones (excluding diaryl/α,β-unsaturated/α-hetero) is 1. The Kier molecular flexibility index (Phi) is 6.11. The molecule has 0 bridgehead atoms. The summed E-state index contributed by atoms with van der Waals surface area (Å²) in [6, 6.07) is 6.69. The first-order valence-electron chi connectivity index (χ1n) is 10.9. The summed E-state index contributed by atoms with van der Waals surface area (Å²) < 4.78 is 20.1. The summed E-state index contributed by atoms with van der Waals surface area (Å²) in [5, 5.41) is 19.4. The molecule has 6 heteroatoms. The van der Waals surface area contributed by atoms with E-state index < -0.39 is 5.82 Å². The number of ketones is 1. The Morgan fingerprint density at radius 1 is 1.12 bits per heavy atom. The normalized spacial score (nSPS) is 14.0. The number of benzene rings is 2. The SMILES string of the molecule is CCOc1ccc2c(c1F)CN(CC(=O)c1cc(C(C)(C)C)c(O)c(C(C)(C)C)c1)C2=N. The van der Waals surface area contributed by atoms with Gasteiger partial charge in [-0.15, -0.1) is 0 Å². The van der Waals surface area contributed by atoms with Crippen LogP contribution in [0.15, 0.2) is 24.3 Å². The Balaban J connectivity index is 1.94. The summed E-state index contributed by atoms with van der Waals surface area (Å²) in [5.74, 6) is -0.146. The lowest BCUT2D eigenvalue weighted by atomic mass is 9.78. The van der Waals surface area contributed by atoms with Gasteiger partial charge >= 0.3 is 0 Å². The molecule has 0 amide bonds. The molecule has 2 aromatic rings. The minimum absolute atomic E-state index is 0.0468. The van der Waals surface area contributed by atoms with Gasteiger partial charge in [0.15, 0.2) is 17.3 Å². The van der Waals surface area contributed by atoms with Crippen LogP contribution in [0.4, 0.5) is 4.39 Å². The third-order valence-electron chi connectivity index (χ3n) is 5.81. The van der Waals surface area contributed by atoms with Gasteiger partial charge in [-0.1, -0.05) is 41.5 Å². The van der Waals surface area contributed by atoms with E-state index in [-0.39, 0.29) is 47.0 Å². The lowest BCUT2D eigenvalue weighted by Crippen LogP contribution is -2.30. The zero-order chi connectivity index (χ0) is 24.0. The summed E-state index contributed by atoms with van der Waals surface area (Å²) in [4.78, 5) is 14.9. The molecule has 1 heterocycles. The number of nitrogens with one attached hydrogen (secondary N) is 1. The number of rotatable bonds is 5. The highest BCUT2D eigenvalue weighted by Crippen LogP contribution is 2.40. The van der Waals surface area contributed by atoms with Crippen LogP contribution in [0, 0.1) is 11.2 Å². The van der Waals surface area contributed by atoms with Crippen molar-refractivity contribution in [2.75, 3.05) is 13.2 Å². The fourth-order valence-electron chi connectivity index (χ4n) is 4.02. The highest BCUT2D eigenvalue weighted by molar-refractivity contribution is 6.05. The molecule has 172 valence electrons. The van der Waals surface area contributed by atoms with Crippen molar-refractivity contribution in [2.45, 2.75) is 65.8 Å². The van der Waals surface area contributed by atoms with E-state index in [0.29, 0.717) is 34.4 Å². The Labute approximate surface area is 189 Å². The number of hydrogen-bond acceptors (Lipinski definition) is 4. The van der Waals surface area contributed by atoms with Crippen molar-refractivity contribution in [1.82, 2.24) is 4.90 Å². The molecule has 0 radical (unpaired) electrons. The lowest BCUT2D eigenvalue weighted by Gasteiger charge is -2.28. The summed E-state index contributed by atoms with van der Waals surface area (Å²) in [5.41, 5.74) is 2.06. The largest absolute Gasteiger partial charge is 0.507 e. The standard InChI is InChI=1S/C26H33FN2O3/c1-8-32-21-10-9-16-17(22(21)27)13-29(24(16)28)14-20(30)15-11-18(25(2,3)4)23(31)19(12-15)26(5,6)7/h9-12,28,31H,8,13-14H2,1-7H3. The van der Waals surface area contributed by atoms with Gasteiger partial charge in [-0.3, -0.25) is 10.2 Å². The average Bonchev–Trinajstić information content (AvgIpc) is 2.99. The van der Waals surface area contributed by atoms with Gasteiger partial charge in [-0.2, -0.15) is 0 Å². The monoisotopic (exact) mass is 440 g/mol. The zero-order valence-corrected chi connectivity index (χ0v) is 20.0. The molecule has 0 fully saturated rings. The molecule has 2 aromatic carbocycles. The fourth-order valence-corrected chi connectivity index (χ4v) is 4.02. The van der Waals surface area contributed by atoms with Crippen molar-refractivity contribution < 1.29 is 19.0 Å². The van der Waals surface area contributed by atoms with E-state index in [4.69, 9.17) is 10.1 Å². The molecular weight excluding hydrogens is 407 g/mol. The van der Waals surface area contributed by atoms with Crippen LogP contribution in [-0.2, 0) is 17.4 Å². The van der Waals surface area contributed by atoms with Crippen molar-refractivity contribution in [1.29, 1.82) is 5.41 Å². The minimum Gasteiger partial charge on any atom is -0.507 e. The highest BCUT2D eigenvalue weighted by Gasteiger charge is 2.32. The third-order valence-corrected chi connectivity index (χ3v) is 5.81. The number of amidine groups is 1. The number of nitrogens with zero attached hydrogens (tertiary/aromatic N) is 1. The van der Waals surface area contributed by atoms with E-state index in [1.807, 2.05) is 41.5 Å². The van der Waals surface area contributed by atoms with Crippen LogP contribution < -0.4 is 4.74 Å². The number of carbonyl (C=O) groups excluding carboxylic acids is 1. The molecule has 1 aliphatic heterocycles. The first-order chi connectivity index (χ1) is 14.8. The van der Waals surface area contributed by atoms with Gasteiger partial charge in [0, 0.05) is 34.4 Å². The second kappa shape index (κ2) is 8.23. The average molecular weight is 441 g/mol. The van der Waals surface area contributed by atoms with E-state index in [2.05, 4.69) is 0 Å². The second-order valence-corrected chi connectivity index (χ2v) is 10.4. The van der Waals surface area contributed by atoms with E-state index in [1.54, 1.807) is 30.0 Å². The number of hydrogen-bond donors (Lipinski definition) is 2.